The van der Waals surface area contributed by atoms with Crippen molar-refractivity contribution in [3.63, 3.8) is 0 Å². The van der Waals surface area contributed by atoms with Gasteiger partial charge in [0.05, 0.1) is 0 Å². The van der Waals surface area contributed by atoms with E-state index in [4.69, 9.17) is 5.73 Å². The van der Waals surface area contributed by atoms with E-state index in [0.717, 1.165) is 12.2 Å². The lowest BCUT2D eigenvalue weighted by molar-refractivity contribution is 0.756. The monoisotopic (exact) mass is 215 g/mol. The fourth-order valence-electron chi connectivity index (χ4n) is 1.06. The summed E-state index contributed by atoms with van der Waals surface area (Å²) in [5, 5.41) is 2.80. The largest absolute Gasteiger partial charge is 0.327 e. The van der Waals surface area contributed by atoms with Crippen LogP contribution in [0.3, 0.4) is 0 Å². The Morgan fingerprint density at radius 3 is 2.85 bits per heavy atom. The first-order valence-electron chi connectivity index (χ1n) is 4.58. The number of thioether (sulfide) groups is 1. The maximum absolute atomic E-state index is 6.00. The Morgan fingerprint density at radius 1 is 1.54 bits per heavy atom. The van der Waals surface area contributed by atoms with E-state index in [1.165, 1.54) is 4.88 Å². The smallest absolute Gasteiger partial charge is 0.0179 e. The molecule has 0 bridgehead atoms. The van der Waals surface area contributed by atoms with E-state index >= 15 is 0 Å². The Hall–Kier alpha value is 0.01000. The third-order valence-electron chi connectivity index (χ3n) is 1.69. The van der Waals surface area contributed by atoms with Crippen molar-refractivity contribution in [3.05, 3.63) is 22.4 Å². The van der Waals surface area contributed by atoms with E-state index in [1.807, 2.05) is 11.8 Å². The van der Waals surface area contributed by atoms with Crippen molar-refractivity contribution < 1.29 is 0 Å². The van der Waals surface area contributed by atoms with Crippen molar-refractivity contribution in [1.29, 1.82) is 0 Å². The van der Waals surface area contributed by atoms with E-state index in [-0.39, 0.29) is 0 Å². The molecule has 0 saturated heterocycles. The number of rotatable bonds is 5. The minimum absolute atomic E-state index is 0.311. The SMILES string of the molecule is CC(C)SCC(N)Cc1cccs1. The zero-order valence-electron chi connectivity index (χ0n) is 8.19. The molecule has 0 fully saturated rings. The molecule has 3 heteroatoms. The van der Waals surface area contributed by atoms with Crippen molar-refractivity contribution in [2.75, 3.05) is 5.75 Å². The average molecular weight is 215 g/mol. The van der Waals surface area contributed by atoms with Gasteiger partial charge >= 0.3 is 0 Å². The van der Waals surface area contributed by atoms with Gasteiger partial charge in [0.2, 0.25) is 0 Å². The third kappa shape index (κ3) is 4.69. The highest BCUT2D eigenvalue weighted by Gasteiger charge is 2.05. The highest BCUT2D eigenvalue weighted by molar-refractivity contribution is 7.99. The molecule has 2 N–H and O–H groups in total. The highest BCUT2D eigenvalue weighted by atomic mass is 32.2. The first-order valence-corrected chi connectivity index (χ1v) is 6.51. The highest BCUT2D eigenvalue weighted by Crippen LogP contribution is 2.15. The van der Waals surface area contributed by atoms with Crippen molar-refractivity contribution in [2.24, 2.45) is 5.73 Å². The van der Waals surface area contributed by atoms with Crippen LogP contribution in [0.4, 0.5) is 0 Å². The molecule has 1 atom stereocenters. The van der Waals surface area contributed by atoms with E-state index in [1.54, 1.807) is 11.3 Å². The van der Waals surface area contributed by atoms with Crippen LogP contribution in [-0.2, 0) is 6.42 Å². The van der Waals surface area contributed by atoms with Gasteiger partial charge in [0, 0.05) is 16.7 Å². The standard InChI is InChI=1S/C10H17NS2/c1-8(2)13-7-9(11)6-10-4-3-5-12-10/h3-5,8-9H,6-7,11H2,1-2H3. The summed E-state index contributed by atoms with van der Waals surface area (Å²) >= 11 is 3.74. The van der Waals surface area contributed by atoms with E-state index in [0.29, 0.717) is 11.3 Å². The molecule has 1 nitrogen and oxygen atoms in total. The van der Waals surface area contributed by atoms with Gasteiger partial charge in [0.25, 0.3) is 0 Å². The molecule has 0 aromatic carbocycles. The predicted molar refractivity (Wildman–Crippen MR) is 63.6 cm³/mol. The second kappa shape index (κ2) is 5.68. The van der Waals surface area contributed by atoms with Crippen molar-refractivity contribution in [3.8, 4) is 0 Å². The Balaban J connectivity index is 2.22. The molecule has 1 unspecified atom stereocenters. The topological polar surface area (TPSA) is 26.0 Å². The summed E-state index contributed by atoms with van der Waals surface area (Å²) < 4.78 is 0. The summed E-state index contributed by atoms with van der Waals surface area (Å²) in [5.74, 6) is 1.07. The molecule has 1 aromatic rings. The molecule has 0 spiro atoms. The molecule has 0 aliphatic carbocycles. The quantitative estimate of drug-likeness (QED) is 0.817. The Bertz CT molecular complexity index is 219. The summed E-state index contributed by atoms with van der Waals surface area (Å²) in [6, 6.07) is 4.55. The van der Waals surface area contributed by atoms with Crippen LogP contribution in [0.2, 0.25) is 0 Å². The number of nitrogens with two attached hydrogens (primary N) is 1. The lowest BCUT2D eigenvalue weighted by Crippen LogP contribution is -2.25. The van der Waals surface area contributed by atoms with Crippen LogP contribution >= 0.6 is 23.1 Å². The van der Waals surface area contributed by atoms with Gasteiger partial charge in [-0.05, 0) is 23.1 Å². The number of hydrogen-bond acceptors (Lipinski definition) is 3. The minimum Gasteiger partial charge on any atom is -0.327 e. The van der Waals surface area contributed by atoms with Crippen molar-refractivity contribution in [1.82, 2.24) is 0 Å². The van der Waals surface area contributed by atoms with Gasteiger partial charge in [-0.25, -0.2) is 0 Å². The van der Waals surface area contributed by atoms with E-state index in [2.05, 4.69) is 31.4 Å². The second-order valence-corrected chi connectivity index (χ2v) is 6.07. The summed E-state index contributed by atoms with van der Waals surface area (Å²) in [7, 11) is 0. The van der Waals surface area contributed by atoms with Crippen LogP contribution in [-0.4, -0.2) is 17.0 Å². The maximum atomic E-state index is 6.00. The molecular formula is C10H17NS2. The van der Waals surface area contributed by atoms with Crippen LogP contribution < -0.4 is 5.73 Å². The molecule has 0 aliphatic heterocycles. The second-order valence-electron chi connectivity index (χ2n) is 3.43. The maximum Gasteiger partial charge on any atom is 0.0179 e. The molecule has 0 aliphatic rings. The fraction of sp³-hybridized carbons (Fsp3) is 0.600. The molecular weight excluding hydrogens is 198 g/mol. The molecule has 0 saturated carbocycles. The fourth-order valence-corrected chi connectivity index (χ4v) is 2.61. The number of hydrogen-bond donors (Lipinski definition) is 1. The zero-order valence-corrected chi connectivity index (χ0v) is 9.83. The summed E-state index contributed by atoms with van der Waals surface area (Å²) in [4.78, 5) is 1.40. The Morgan fingerprint density at radius 2 is 2.31 bits per heavy atom. The van der Waals surface area contributed by atoms with Crippen LogP contribution in [0.25, 0.3) is 0 Å². The van der Waals surface area contributed by atoms with Crippen LogP contribution in [0.1, 0.15) is 18.7 Å². The van der Waals surface area contributed by atoms with Crippen molar-refractivity contribution in [2.45, 2.75) is 31.6 Å². The molecule has 13 heavy (non-hydrogen) atoms. The molecule has 1 rings (SSSR count). The summed E-state index contributed by atoms with van der Waals surface area (Å²) in [6.07, 6.45) is 1.03. The third-order valence-corrected chi connectivity index (χ3v) is 3.87. The van der Waals surface area contributed by atoms with E-state index in [9.17, 15) is 0 Å². The average Bonchev–Trinajstić information content (AvgIpc) is 2.53. The van der Waals surface area contributed by atoms with Crippen molar-refractivity contribution >= 4 is 23.1 Å². The van der Waals surface area contributed by atoms with Gasteiger partial charge in [-0.3, -0.25) is 0 Å². The first kappa shape index (κ1) is 11.1. The van der Waals surface area contributed by atoms with Crippen LogP contribution in [0, 0.1) is 0 Å². The van der Waals surface area contributed by atoms with Gasteiger partial charge < -0.3 is 5.73 Å². The normalized spacial score (nSPS) is 13.5. The van der Waals surface area contributed by atoms with Gasteiger partial charge in [0.1, 0.15) is 0 Å². The minimum atomic E-state index is 0.311. The Kier molecular flexibility index (Phi) is 4.84. The first-order chi connectivity index (χ1) is 6.18. The molecule has 74 valence electrons. The molecule has 0 amide bonds. The molecule has 0 radical (unpaired) electrons. The van der Waals surface area contributed by atoms with Crippen LogP contribution in [0.5, 0.6) is 0 Å². The zero-order chi connectivity index (χ0) is 9.68. The lowest BCUT2D eigenvalue weighted by Gasteiger charge is -2.11. The summed E-state index contributed by atoms with van der Waals surface area (Å²) in [5.41, 5.74) is 6.00. The Labute approximate surface area is 88.7 Å². The molecule has 1 aromatic heterocycles. The van der Waals surface area contributed by atoms with Gasteiger partial charge in [-0.2, -0.15) is 11.8 Å². The van der Waals surface area contributed by atoms with Gasteiger partial charge in [0.15, 0.2) is 0 Å². The lowest BCUT2D eigenvalue weighted by atomic mass is 10.2. The van der Waals surface area contributed by atoms with E-state index < -0.39 is 0 Å². The van der Waals surface area contributed by atoms with Crippen LogP contribution in [0.15, 0.2) is 17.5 Å². The molecule has 1 heterocycles. The van der Waals surface area contributed by atoms with Gasteiger partial charge in [-0.15, -0.1) is 11.3 Å². The number of thiophene rings is 1. The summed E-state index contributed by atoms with van der Waals surface area (Å²) in [6.45, 7) is 4.42. The predicted octanol–water partition coefficient (Wildman–Crippen LogP) is 2.76. The van der Waals surface area contributed by atoms with Gasteiger partial charge in [-0.1, -0.05) is 19.9 Å².